The van der Waals surface area contributed by atoms with E-state index in [-0.39, 0.29) is 0 Å². The number of fused-ring (bicyclic) bond motifs is 1. The molecular weight excluding hydrogens is 246 g/mol. The molecule has 7 heteroatoms. The van der Waals surface area contributed by atoms with E-state index >= 15 is 0 Å². The zero-order chi connectivity index (χ0) is 13.2. The smallest absolute Gasteiger partial charge is 0.259 e. The van der Waals surface area contributed by atoms with Crippen molar-refractivity contribution in [2.24, 2.45) is 0 Å². The van der Waals surface area contributed by atoms with E-state index in [1.54, 1.807) is 10.7 Å². The third-order valence-corrected chi connectivity index (χ3v) is 2.63. The summed E-state index contributed by atoms with van der Waals surface area (Å²) in [6.45, 7) is 0. The minimum atomic E-state index is 0.352. The van der Waals surface area contributed by atoms with Gasteiger partial charge in [-0.05, 0) is 12.1 Å². The van der Waals surface area contributed by atoms with Crippen LogP contribution < -0.4 is 9.47 Å². The van der Waals surface area contributed by atoms with Gasteiger partial charge in [0.2, 0.25) is 11.8 Å². The molecule has 2 aromatic heterocycles. The van der Waals surface area contributed by atoms with Crippen molar-refractivity contribution in [3.05, 3.63) is 30.3 Å². The van der Waals surface area contributed by atoms with Gasteiger partial charge >= 0.3 is 0 Å². The van der Waals surface area contributed by atoms with Crippen molar-refractivity contribution >= 4 is 11.0 Å². The van der Waals surface area contributed by atoms with E-state index in [2.05, 4.69) is 20.3 Å². The highest BCUT2D eigenvalue weighted by Gasteiger charge is 2.11. The molecule has 0 radical (unpaired) electrons. The van der Waals surface area contributed by atoms with Gasteiger partial charge in [0, 0.05) is 0 Å². The summed E-state index contributed by atoms with van der Waals surface area (Å²) in [5.74, 6) is 1.16. The number of nitrogens with zero attached hydrogens (tertiary/aromatic N) is 5. The van der Waals surface area contributed by atoms with Gasteiger partial charge in [0.1, 0.15) is 5.52 Å². The summed E-state index contributed by atoms with van der Waals surface area (Å²) < 4.78 is 11.8. The zero-order valence-corrected chi connectivity index (χ0v) is 10.4. The summed E-state index contributed by atoms with van der Waals surface area (Å²) in [7, 11) is 3.07. The molecule has 0 saturated heterocycles. The first-order valence-corrected chi connectivity index (χ1v) is 5.59. The Kier molecular flexibility index (Phi) is 2.71. The van der Waals surface area contributed by atoms with Gasteiger partial charge in [-0.3, -0.25) is 0 Å². The van der Waals surface area contributed by atoms with Crippen LogP contribution >= 0.6 is 0 Å². The van der Waals surface area contributed by atoms with Crippen LogP contribution in [0, 0.1) is 0 Å². The topological polar surface area (TPSA) is 75.0 Å². The van der Waals surface area contributed by atoms with Crippen molar-refractivity contribution in [1.29, 1.82) is 0 Å². The highest BCUT2D eigenvalue weighted by molar-refractivity contribution is 5.75. The van der Waals surface area contributed by atoms with Crippen LogP contribution in [0.1, 0.15) is 0 Å². The van der Waals surface area contributed by atoms with Gasteiger partial charge < -0.3 is 9.47 Å². The van der Waals surface area contributed by atoms with Crippen molar-refractivity contribution in [3.63, 3.8) is 0 Å². The van der Waals surface area contributed by atoms with Crippen LogP contribution in [0.4, 0.5) is 0 Å². The van der Waals surface area contributed by atoms with Crippen LogP contribution in [0.25, 0.3) is 17.0 Å². The number of benzene rings is 1. The first-order valence-electron chi connectivity index (χ1n) is 5.59. The normalized spacial score (nSPS) is 10.6. The molecule has 19 heavy (non-hydrogen) atoms. The summed E-state index contributed by atoms with van der Waals surface area (Å²) in [6, 6.07) is 9.16. The number of hydrogen-bond acceptors (Lipinski definition) is 6. The number of methoxy groups -OCH3 is 2. The number of hydrogen-bond donors (Lipinski definition) is 0. The van der Waals surface area contributed by atoms with Crippen molar-refractivity contribution in [1.82, 2.24) is 25.0 Å². The molecule has 3 aromatic rings. The minimum Gasteiger partial charge on any atom is -0.481 e. The molecule has 0 unspecified atom stereocenters. The van der Waals surface area contributed by atoms with Crippen molar-refractivity contribution in [3.8, 4) is 17.7 Å². The summed E-state index contributed by atoms with van der Waals surface area (Å²) >= 11 is 0. The average molecular weight is 257 g/mol. The molecule has 0 N–H and O–H groups in total. The summed E-state index contributed by atoms with van der Waals surface area (Å²) in [5, 5.41) is 8.10. The van der Waals surface area contributed by atoms with Crippen LogP contribution in [0.3, 0.4) is 0 Å². The SMILES string of the molecule is COc1cc(OC)nc(-n2nnc3ccccc32)n1. The second-order valence-corrected chi connectivity index (χ2v) is 3.74. The number of ether oxygens (including phenoxy) is 2. The Morgan fingerprint density at radius 2 is 1.68 bits per heavy atom. The number of rotatable bonds is 3. The van der Waals surface area contributed by atoms with Crippen LogP contribution in [0.2, 0.25) is 0 Å². The Balaban J connectivity index is 2.20. The predicted octanol–water partition coefficient (Wildman–Crippen LogP) is 1.23. The highest BCUT2D eigenvalue weighted by Crippen LogP contribution is 2.19. The van der Waals surface area contributed by atoms with Gasteiger partial charge in [-0.2, -0.15) is 14.6 Å². The van der Waals surface area contributed by atoms with E-state index in [0.717, 1.165) is 11.0 Å². The minimum absolute atomic E-state index is 0.352. The Labute approximate surface area is 108 Å². The maximum atomic E-state index is 5.11. The lowest BCUT2D eigenvalue weighted by atomic mass is 10.3. The van der Waals surface area contributed by atoms with Crippen molar-refractivity contribution < 1.29 is 9.47 Å². The first-order chi connectivity index (χ1) is 9.31. The molecular formula is C12H11N5O2. The molecule has 0 aliphatic heterocycles. The lowest BCUT2D eigenvalue weighted by Crippen LogP contribution is -2.05. The van der Waals surface area contributed by atoms with Crippen molar-refractivity contribution in [2.45, 2.75) is 0 Å². The maximum absolute atomic E-state index is 5.11. The summed E-state index contributed by atoms with van der Waals surface area (Å²) in [5.41, 5.74) is 1.59. The molecule has 3 rings (SSSR count). The molecule has 7 nitrogen and oxygen atoms in total. The average Bonchev–Trinajstić information content (AvgIpc) is 2.90. The molecule has 0 aliphatic rings. The second-order valence-electron chi connectivity index (χ2n) is 3.74. The molecule has 0 fully saturated rings. The third kappa shape index (κ3) is 1.95. The fourth-order valence-corrected chi connectivity index (χ4v) is 1.71. The van der Waals surface area contributed by atoms with Crippen LogP contribution in [0.5, 0.6) is 11.8 Å². The van der Waals surface area contributed by atoms with Gasteiger partial charge in [-0.25, -0.2) is 0 Å². The van der Waals surface area contributed by atoms with Gasteiger partial charge in [-0.1, -0.05) is 17.3 Å². The lowest BCUT2D eigenvalue weighted by Gasteiger charge is -2.06. The van der Waals surface area contributed by atoms with E-state index in [1.165, 1.54) is 14.2 Å². The standard InChI is InChI=1S/C12H11N5O2/c1-18-10-7-11(19-2)14-12(13-10)17-9-6-4-3-5-8(9)15-16-17/h3-7H,1-2H3. The van der Waals surface area contributed by atoms with E-state index in [1.807, 2.05) is 24.3 Å². The monoisotopic (exact) mass is 257 g/mol. The summed E-state index contributed by atoms with van der Waals surface area (Å²) in [6.07, 6.45) is 0. The summed E-state index contributed by atoms with van der Waals surface area (Å²) in [4.78, 5) is 8.48. The largest absolute Gasteiger partial charge is 0.481 e. The molecule has 0 bridgehead atoms. The molecule has 0 aliphatic carbocycles. The Hall–Kier alpha value is -2.70. The first kappa shape index (κ1) is 11.4. The molecule has 0 saturated carbocycles. The quantitative estimate of drug-likeness (QED) is 0.702. The van der Waals surface area contributed by atoms with Gasteiger partial charge in [0.25, 0.3) is 5.95 Å². The second kappa shape index (κ2) is 4.52. The fourth-order valence-electron chi connectivity index (χ4n) is 1.71. The van der Waals surface area contributed by atoms with E-state index in [4.69, 9.17) is 9.47 Å². The molecule has 1 aromatic carbocycles. The Morgan fingerprint density at radius 3 is 2.37 bits per heavy atom. The van der Waals surface area contributed by atoms with Crippen LogP contribution in [0.15, 0.2) is 30.3 Å². The molecule has 96 valence electrons. The maximum Gasteiger partial charge on any atom is 0.259 e. The molecule has 2 heterocycles. The molecule has 0 atom stereocenters. The molecule has 0 spiro atoms. The number of para-hydroxylation sites is 1. The van der Waals surface area contributed by atoms with Gasteiger partial charge in [0.15, 0.2) is 0 Å². The van der Waals surface area contributed by atoms with Crippen LogP contribution in [-0.2, 0) is 0 Å². The van der Waals surface area contributed by atoms with Crippen LogP contribution in [-0.4, -0.2) is 39.2 Å². The van der Waals surface area contributed by atoms with E-state index in [0.29, 0.717) is 17.7 Å². The zero-order valence-electron chi connectivity index (χ0n) is 10.4. The molecule has 0 amide bonds. The third-order valence-electron chi connectivity index (χ3n) is 2.63. The Bertz CT molecular complexity index is 703. The predicted molar refractivity (Wildman–Crippen MR) is 67.6 cm³/mol. The number of aromatic nitrogens is 5. The van der Waals surface area contributed by atoms with E-state index < -0.39 is 0 Å². The van der Waals surface area contributed by atoms with E-state index in [9.17, 15) is 0 Å². The van der Waals surface area contributed by atoms with Gasteiger partial charge in [-0.15, -0.1) is 5.10 Å². The Morgan fingerprint density at radius 1 is 1.00 bits per heavy atom. The van der Waals surface area contributed by atoms with Crippen molar-refractivity contribution in [2.75, 3.05) is 14.2 Å². The van der Waals surface area contributed by atoms with Gasteiger partial charge in [0.05, 0.1) is 25.8 Å². The highest BCUT2D eigenvalue weighted by atomic mass is 16.5. The lowest BCUT2D eigenvalue weighted by molar-refractivity contribution is 0.370. The fraction of sp³-hybridized carbons (Fsp3) is 0.167.